The van der Waals surface area contributed by atoms with E-state index in [1.54, 1.807) is 18.3 Å². The molecule has 0 saturated carbocycles. The number of pyridine rings is 1. The molecule has 38 heavy (non-hydrogen) atoms. The van der Waals surface area contributed by atoms with Gasteiger partial charge in [0.05, 0.1) is 0 Å². The van der Waals surface area contributed by atoms with Gasteiger partial charge in [-0.05, 0) is 62.2 Å². The highest BCUT2D eigenvalue weighted by Crippen LogP contribution is 2.23. The van der Waals surface area contributed by atoms with Gasteiger partial charge in [-0.25, -0.2) is 14.4 Å². The Morgan fingerprint density at radius 2 is 1.89 bits per heavy atom. The van der Waals surface area contributed by atoms with Gasteiger partial charge in [0.1, 0.15) is 17.1 Å². The number of halogens is 1. The second-order valence-corrected chi connectivity index (χ2v) is 8.75. The second kappa shape index (κ2) is 11.0. The molecule has 0 aliphatic heterocycles. The normalized spacial score (nSPS) is 11.6. The molecule has 1 amide bonds. The topological polar surface area (TPSA) is 117 Å². The third-order valence-electron chi connectivity index (χ3n) is 5.81. The molecule has 0 aliphatic carbocycles. The summed E-state index contributed by atoms with van der Waals surface area (Å²) in [7, 11) is 0. The number of H-pyrrole nitrogens is 1. The molecule has 5 rings (SSSR count). The van der Waals surface area contributed by atoms with Gasteiger partial charge in [0, 0.05) is 46.6 Å². The van der Waals surface area contributed by atoms with Crippen molar-refractivity contribution in [3.05, 3.63) is 89.8 Å². The third kappa shape index (κ3) is 5.92. The highest BCUT2D eigenvalue weighted by Gasteiger charge is 2.12. The van der Waals surface area contributed by atoms with E-state index in [-0.39, 0.29) is 18.4 Å². The maximum Gasteiger partial charge on any atom is 0.264 e. The number of ether oxygens (including phenoxy) is 1. The molecule has 3 N–H and O–H groups in total. The van der Waals surface area contributed by atoms with E-state index in [0.717, 1.165) is 33.2 Å². The molecule has 0 unspecified atom stereocenters. The number of aliphatic imine (C=N–C) groups is 1. The number of guanidine groups is 1. The Morgan fingerprint density at radius 1 is 1.08 bits per heavy atom. The molecule has 0 spiro atoms. The Morgan fingerprint density at radius 3 is 2.74 bits per heavy atom. The lowest BCUT2D eigenvalue weighted by atomic mass is 10.1. The number of carbonyl (C=O) groups is 1. The summed E-state index contributed by atoms with van der Waals surface area (Å²) in [6.07, 6.45) is 4.04. The Hall–Kier alpha value is -4.86. The molecule has 9 nitrogen and oxygen atoms in total. The summed E-state index contributed by atoms with van der Waals surface area (Å²) < 4.78 is 19.5. The Bertz CT molecular complexity index is 1620. The highest BCUT2D eigenvalue weighted by atomic mass is 19.1. The predicted octanol–water partition coefficient (Wildman–Crippen LogP) is 4.47. The minimum absolute atomic E-state index is 0.186. The minimum Gasteiger partial charge on any atom is -0.481 e. The number of nitrogens with zero attached hydrogens (tertiary/aromatic N) is 4. The van der Waals surface area contributed by atoms with Crippen LogP contribution in [-0.2, 0) is 11.2 Å². The number of amides is 1. The van der Waals surface area contributed by atoms with Crippen LogP contribution in [-0.4, -0.2) is 45.0 Å². The number of aromatic nitrogens is 4. The van der Waals surface area contributed by atoms with Crippen LogP contribution in [0.2, 0.25) is 0 Å². The summed E-state index contributed by atoms with van der Waals surface area (Å²) in [6.45, 7) is 3.80. The number of benzene rings is 2. The molecule has 192 valence electrons. The average Bonchev–Trinajstić information content (AvgIpc) is 3.28. The van der Waals surface area contributed by atoms with Crippen LogP contribution in [0.4, 0.5) is 10.3 Å². The van der Waals surface area contributed by atoms with Crippen LogP contribution >= 0.6 is 0 Å². The van der Waals surface area contributed by atoms with E-state index < -0.39 is 5.91 Å². The van der Waals surface area contributed by atoms with Crippen molar-refractivity contribution in [3.8, 4) is 5.75 Å². The fourth-order valence-corrected chi connectivity index (χ4v) is 4.15. The summed E-state index contributed by atoms with van der Waals surface area (Å²) in [5.41, 5.74) is 3.99. The Balaban J connectivity index is 1.30. The lowest BCUT2D eigenvalue weighted by Crippen LogP contribution is -2.39. The maximum atomic E-state index is 13.7. The zero-order valence-corrected chi connectivity index (χ0v) is 21.0. The Labute approximate surface area is 218 Å². The van der Waals surface area contributed by atoms with Gasteiger partial charge in [-0.15, -0.1) is 0 Å². The number of hydrogen-bond acceptors (Lipinski definition) is 6. The summed E-state index contributed by atoms with van der Waals surface area (Å²) in [6, 6.07) is 15.8. The molecule has 5 aromatic rings. The lowest BCUT2D eigenvalue weighted by molar-refractivity contribution is -0.121. The summed E-state index contributed by atoms with van der Waals surface area (Å²) in [5.74, 6) is 0.294. The second-order valence-electron chi connectivity index (χ2n) is 8.75. The van der Waals surface area contributed by atoms with Gasteiger partial charge in [-0.3, -0.25) is 25.4 Å². The molecule has 0 fully saturated rings. The fourth-order valence-electron chi connectivity index (χ4n) is 4.15. The van der Waals surface area contributed by atoms with Crippen LogP contribution in [0.15, 0.2) is 72.0 Å². The van der Waals surface area contributed by atoms with Gasteiger partial charge >= 0.3 is 0 Å². The number of fused-ring (bicyclic) bond motifs is 2. The average molecular weight is 512 g/mol. The lowest BCUT2D eigenvalue weighted by Gasteiger charge is -2.12. The zero-order chi connectivity index (χ0) is 26.5. The van der Waals surface area contributed by atoms with Gasteiger partial charge in [0.25, 0.3) is 5.91 Å². The van der Waals surface area contributed by atoms with E-state index in [4.69, 9.17) is 4.74 Å². The molecule has 0 radical (unpaired) electrons. The van der Waals surface area contributed by atoms with Crippen LogP contribution < -0.4 is 15.4 Å². The van der Waals surface area contributed by atoms with Crippen LogP contribution in [0.3, 0.4) is 0 Å². The van der Waals surface area contributed by atoms with Crippen molar-refractivity contribution in [2.45, 2.75) is 20.3 Å². The van der Waals surface area contributed by atoms with Crippen LogP contribution in [0.5, 0.6) is 5.75 Å². The van der Waals surface area contributed by atoms with Crippen molar-refractivity contribution in [1.29, 1.82) is 0 Å². The summed E-state index contributed by atoms with van der Waals surface area (Å²) in [4.78, 5) is 33.6. The van der Waals surface area contributed by atoms with Crippen molar-refractivity contribution < 1.29 is 13.9 Å². The van der Waals surface area contributed by atoms with Gasteiger partial charge in [-0.1, -0.05) is 18.2 Å². The highest BCUT2D eigenvalue weighted by molar-refractivity contribution is 6.04. The monoisotopic (exact) mass is 511 g/mol. The Kier molecular flexibility index (Phi) is 7.21. The molecule has 0 atom stereocenters. The molecule has 0 bridgehead atoms. The first kappa shape index (κ1) is 24.8. The minimum atomic E-state index is -0.414. The van der Waals surface area contributed by atoms with E-state index in [2.05, 4.69) is 35.6 Å². The summed E-state index contributed by atoms with van der Waals surface area (Å²) >= 11 is 0. The number of carbonyl (C=O) groups excluding carboxylic acids is 1. The first-order valence-corrected chi connectivity index (χ1v) is 12.1. The van der Waals surface area contributed by atoms with Gasteiger partial charge < -0.3 is 9.72 Å². The van der Waals surface area contributed by atoms with Gasteiger partial charge in [0.15, 0.2) is 6.61 Å². The third-order valence-corrected chi connectivity index (χ3v) is 5.81. The molecule has 3 aromatic heterocycles. The van der Waals surface area contributed by atoms with Crippen molar-refractivity contribution in [1.82, 2.24) is 25.3 Å². The first-order valence-electron chi connectivity index (χ1n) is 12.1. The smallest absolute Gasteiger partial charge is 0.264 e. The number of anilines is 1. The number of aromatic amines is 1. The van der Waals surface area contributed by atoms with E-state index in [0.29, 0.717) is 30.2 Å². The number of nitrogens with one attached hydrogen (secondary N) is 3. The molecule has 0 saturated heterocycles. The molecule has 2 aromatic carbocycles. The number of aryl methyl sites for hydroxylation is 2. The largest absolute Gasteiger partial charge is 0.481 e. The summed E-state index contributed by atoms with van der Waals surface area (Å²) in [5, 5.41) is 7.48. The van der Waals surface area contributed by atoms with E-state index in [1.165, 1.54) is 12.1 Å². The maximum absolute atomic E-state index is 13.7. The van der Waals surface area contributed by atoms with E-state index in [1.807, 2.05) is 50.4 Å². The molecule has 3 heterocycles. The molecule has 10 heteroatoms. The number of hydrogen-bond donors (Lipinski definition) is 3. The van der Waals surface area contributed by atoms with Crippen molar-refractivity contribution >= 4 is 39.6 Å². The molecule has 0 aliphatic rings. The number of para-hydroxylation sites is 1. The standard InChI is InChI=1S/C28H26FN7O2/c1-17-13-18(2)34-28(33-17)36-27(31-12-10-20-15-32-23-9-8-21(29)14-22(20)23)35-25(37)16-38-24-7-3-5-19-6-4-11-30-26(19)24/h3-9,11,13-15,32H,10,12,16H2,1-2H3,(H2,31,33,34,35,36,37). The van der Waals surface area contributed by atoms with Crippen molar-refractivity contribution in [2.24, 2.45) is 4.99 Å². The fraction of sp³-hybridized carbons (Fsp3) is 0.179. The van der Waals surface area contributed by atoms with Gasteiger partial charge in [0.2, 0.25) is 11.9 Å². The van der Waals surface area contributed by atoms with Gasteiger partial charge in [-0.2, -0.15) is 0 Å². The van der Waals surface area contributed by atoms with E-state index >= 15 is 0 Å². The molecular weight excluding hydrogens is 485 g/mol. The quantitative estimate of drug-likeness (QED) is 0.219. The SMILES string of the molecule is Cc1cc(C)nc(NC(=NCCc2c[nH]c3ccc(F)cc23)NC(=O)COc2cccc3cccnc23)n1. The van der Waals surface area contributed by atoms with Crippen LogP contribution in [0.1, 0.15) is 17.0 Å². The number of rotatable bonds is 7. The predicted molar refractivity (Wildman–Crippen MR) is 145 cm³/mol. The first-order chi connectivity index (χ1) is 18.4. The molecular formula is C28H26FN7O2. The van der Waals surface area contributed by atoms with Crippen molar-refractivity contribution in [3.63, 3.8) is 0 Å². The zero-order valence-electron chi connectivity index (χ0n) is 21.0. The van der Waals surface area contributed by atoms with Crippen LogP contribution in [0, 0.1) is 19.7 Å². The van der Waals surface area contributed by atoms with Crippen LogP contribution in [0.25, 0.3) is 21.8 Å². The van der Waals surface area contributed by atoms with Crippen molar-refractivity contribution in [2.75, 3.05) is 18.5 Å². The van der Waals surface area contributed by atoms with E-state index in [9.17, 15) is 9.18 Å².